The summed E-state index contributed by atoms with van der Waals surface area (Å²) in [7, 11) is 0. The molecule has 0 spiro atoms. The second kappa shape index (κ2) is 5.05. The summed E-state index contributed by atoms with van der Waals surface area (Å²) in [5.74, 6) is 1.56. The van der Waals surface area contributed by atoms with Crippen molar-refractivity contribution in [2.75, 3.05) is 6.79 Å². The molecule has 0 unspecified atom stereocenters. The molecule has 3 nitrogen and oxygen atoms in total. The highest BCUT2D eigenvalue weighted by Crippen LogP contribution is 2.38. The molecule has 0 radical (unpaired) electrons. The highest BCUT2D eigenvalue weighted by molar-refractivity contribution is 5.85. The summed E-state index contributed by atoms with van der Waals surface area (Å²) in [5, 5.41) is 0. The van der Waals surface area contributed by atoms with E-state index < -0.39 is 0 Å². The highest BCUT2D eigenvalue weighted by Gasteiger charge is 2.20. The fraction of sp³-hybridized carbons (Fsp3) is 0.273. The van der Waals surface area contributed by atoms with Crippen molar-refractivity contribution in [3.8, 4) is 11.5 Å². The first kappa shape index (κ1) is 11.9. The van der Waals surface area contributed by atoms with Gasteiger partial charge in [-0.15, -0.1) is 19.0 Å². The minimum absolute atomic E-state index is 0. The lowest BCUT2D eigenvalue weighted by Crippen LogP contribution is -2.09. The van der Waals surface area contributed by atoms with E-state index in [9.17, 15) is 0 Å². The smallest absolute Gasteiger partial charge is 0.231 e. The molecule has 0 aliphatic carbocycles. The summed E-state index contributed by atoms with van der Waals surface area (Å²) in [6.07, 6.45) is 2.54. The molecular weight excluding hydrogens is 214 g/mol. The van der Waals surface area contributed by atoms with Crippen molar-refractivity contribution in [3.63, 3.8) is 0 Å². The monoisotopic (exact) mass is 227 g/mol. The van der Waals surface area contributed by atoms with E-state index in [1.54, 1.807) is 6.08 Å². The maximum Gasteiger partial charge on any atom is 0.231 e. The van der Waals surface area contributed by atoms with Gasteiger partial charge in [0.05, 0.1) is 0 Å². The molecule has 0 bridgehead atoms. The first-order chi connectivity index (χ1) is 6.83. The van der Waals surface area contributed by atoms with Crippen molar-refractivity contribution in [1.82, 2.24) is 0 Å². The van der Waals surface area contributed by atoms with E-state index >= 15 is 0 Å². The van der Waals surface area contributed by atoms with E-state index in [2.05, 4.69) is 6.58 Å². The SMILES string of the molecule is C=CC[C@@H](N)c1cccc2c1OCO2.Cl. The van der Waals surface area contributed by atoms with Gasteiger partial charge in [0.15, 0.2) is 11.5 Å². The third-order valence-electron chi connectivity index (χ3n) is 2.25. The van der Waals surface area contributed by atoms with Crippen LogP contribution in [0.4, 0.5) is 0 Å². The molecule has 1 atom stereocenters. The predicted octanol–water partition coefficient (Wildman–Crippen LogP) is 2.41. The Hall–Kier alpha value is -1.19. The van der Waals surface area contributed by atoms with Gasteiger partial charge >= 0.3 is 0 Å². The Bertz CT molecular complexity index is 354. The van der Waals surface area contributed by atoms with Gasteiger partial charge in [0.25, 0.3) is 0 Å². The predicted molar refractivity (Wildman–Crippen MR) is 61.6 cm³/mol. The third kappa shape index (κ3) is 2.25. The molecule has 0 aromatic heterocycles. The average molecular weight is 228 g/mol. The summed E-state index contributed by atoms with van der Waals surface area (Å²) in [4.78, 5) is 0. The third-order valence-corrected chi connectivity index (χ3v) is 2.25. The van der Waals surface area contributed by atoms with Gasteiger partial charge in [0, 0.05) is 11.6 Å². The molecule has 1 aliphatic rings. The maximum atomic E-state index is 5.97. The lowest BCUT2D eigenvalue weighted by molar-refractivity contribution is 0.173. The van der Waals surface area contributed by atoms with Crippen LogP contribution in [0.5, 0.6) is 11.5 Å². The molecule has 2 N–H and O–H groups in total. The first-order valence-corrected chi connectivity index (χ1v) is 4.58. The number of para-hydroxylation sites is 1. The van der Waals surface area contributed by atoms with Crippen LogP contribution in [-0.2, 0) is 0 Å². The summed E-state index contributed by atoms with van der Waals surface area (Å²) in [6, 6.07) is 5.70. The summed E-state index contributed by atoms with van der Waals surface area (Å²) >= 11 is 0. The zero-order chi connectivity index (χ0) is 9.97. The van der Waals surface area contributed by atoms with Crippen molar-refractivity contribution < 1.29 is 9.47 Å². The summed E-state index contributed by atoms with van der Waals surface area (Å²) in [6.45, 7) is 3.95. The number of hydrogen-bond donors (Lipinski definition) is 1. The van der Waals surface area contributed by atoms with Crippen LogP contribution in [0.25, 0.3) is 0 Å². The van der Waals surface area contributed by atoms with Crippen LogP contribution in [0, 0.1) is 0 Å². The number of fused-ring (bicyclic) bond motifs is 1. The molecule has 2 rings (SSSR count). The Kier molecular flexibility index (Phi) is 4.00. The van der Waals surface area contributed by atoms with Crippen molar-refractivity contribution in [1.29, 1.82) is 0 Å². The van der Waals surface area contributed by atoms with Crippen LogP contribution < -0.4 is 15.2 Å². The Morgan fingerprint density at radius 3 is 3.00 bits per heavy atom. The molecule has 0 fully saturated rings. The number of halogens is 1. The van der Waals surface area contributed by atoms with E-state index in [0.29, 0.717) is 0 Å². The zero-order valence-electron chi connectivity index (χ0n) is 8.31. The first-order valence-electron chi connectivity index (χ1n) is 4.58. The van der Waals surface area contributed by atoms with Gasteiger partial charge in [-0.05, 0) is 12.5 Å². The fourth-order valence-electron chi connectivity index (χ4n) is 1.55. The number of rotatable bonds is 3. The molecule has 1 heterocycles. The van der Waals surface area contributed by atoms with E-state index in [4.69, 9.17) is 15.2 Å². The van der Waals surface area contributed by atoms with Gasteiger partial charge in [0.1, 0.15) is 0 Å². The summed E-state index contributed by atoms with van der Waals surface area (Å²) < 4.78 is 10.6. The molecule has 1 aliphatic heterocycles. The average Bonchev–Trinajstić information content (AvgIpc) is 2.65. The molecule has 82 valence electrons. The van der Waals surface area contributed by atoms with E-state index in [1.165, 1.54) is 0 Å². The fourth-order valence-corrected chi connectivity index (χ4v) is 1.55. The maximum absolute atomic E-state index is 5.97. The van der Waals surface area contributed by atoms with Crippen LogP contribution in [0.15, 0.2) is 30.9 Å². The Morgan fingerprint density at radius 2 is 2.27 bits per heavy atom. The Balaban J connectivity index is 0.00000112. The van der Waals surface area contributed by atoms with Gasteiger partial charge in [-0.3, -0.25) is 0 Å². The van der Waals surface area contributed by atoms with Crippen LogP contribution in [0.2, 0.25) is 0 Å². The van der Waals surface area contributed by atoms with Crippen LogP contribution in [-0.4, -0.2) is 6.79 Å². The second-order valence-electron chi connectivity index (χ2n) is 3.21. The molecule has 4 heteroatoms. The molecule has 1 aromatic rings. The molecular formula is C11H14ClNO2. The Morgan fingerprint density at radius 1 is 1.47 bits per heavy atom. The number of benzene rings is 1. The van der Waals surface area contributed by atoms with Crippen molar-refractivity contribution in [2.45, 2.75) is 12.5 Å². The molecule has 15 heavy (non-hydrogen) atoms. The summed E-state index contributed by atoms with van der Waals surface area (Å²) in [5.41, 5.74) is 6.96. The molecule has 0 saturated carbocycles. The number of ether oxygens (including phenoxy) is 2. The quantitative estimate of drug-likeness (QED) is 0.807. The zero-order valence-corrected chi connectivity index (χ0v) is 9.13. The van der Waals surface area contributed by atoms with E-state index in [0.717, 1.165) is 23.5 Å². The van der Waals surface area contributed by atoms with E-state index in [-0.39, 0.29) is 25.2 Å². The van der Waals surface area contributed by atoms with Crippen molar-refractivity contribution >= 4 is 12.4 Å². The van der Waals surface area contributed by atoms with Crippen LogP contribution in [0.1, 0.15) is 18.0 Å². The second-order valence-corrected chi connectivity index (χ2v) is 3.21. The number of hydrogen-bond acceptors (Lipinski definition) is 3. The lowest BCUT2D eigenvalue weighted by atomic mass is 10.0. The van der Waals surface area contributed by atoms with Gasteiger partial charge in [-0.1, -0.05) is 18.2 Å². The highest BCUT2D eigenvalue weighted by atomic mass is 35.5. The van der Waals surface area contributed by atoms with Crippen molar-refractivity contribution in [2.24, 2.45) is 5.73 Å². The largest absolute Gasteiger partial charge is 0.454 e. The molecule has 0 saturated heterocycles. The van der Waals surface area contributed by atoms with E-state index in [1.807, 2.05) is 18.2 Å². The van der Waals surface area contributed by atoms with Gasteiger partial charge in [0.2, 0.25) is 6.79 Å². The molecule has 1 aromatic carbocycles. The normalized spacial score (nSPS) is 14.2. The standard InChI is InChI=1S/C11H13NO2.ClH/c1-2-4-9(12)8-5-3-6-10-11(8)14-7-13-10;/h2-3,5-6,9H,1,4,7,12H2;1H/t9-;/m1./s1. The minimum Gasteiger partial charge on any atom is -0.454 e. The van der Waals surface area contributed by atoms with Crippen molar-refractivity contribution in [3.05, 3.63) is 36.4 Å². The van der Waals surface area contributed by atoms with Gasteiger partial charge in [-0.25, -0.2) is 0 Å². The van der Waals surface area contributed by atoms with Gasteiger partial charge in [-0.2, -0.15) is 0 Å². The topological polar surface area (TPSA) is 44.5 Å². The molecule has 0 amide bonds. The van der Waals surface area contributed by atoms with Gasteiger partial charge < -0.3 is 15.2 Å². The Labute approximate surface area is 95.3 Å². The van der Waals surface area contributed by atoms with Crippen LogP contribution in [0.3, 0.4) is 0 Å². The lowest BCUT2D eigenvalue weighted by Gasteiger charge is -2.11. The number of nitrogens with two attached hydrogens (primary N) is 1. The van der Waals surface area contributed by atoms with Crippen LogP contribution >= 0.6 is 12.4 Å². The minimum atomic E-state index is -0.0656.